The molecule has 0 spiro atoms. The lowest BCUT2D eigenvalue weighted by molar-refractivity contribution is -0.233. The molecule has 1 saturated heterocycles. The number of ether oxygens (including phenoxy) is 1. The van der Waals surface area contributed by atoms with Crippen LogP contribution in [0.4, 0.5) is 13.2 Å². The van der Waals surface area contributed by atoms with Crippen molar-refractivity contribution in [2.24, 2.45) is 14.1 Å². The number of alkyl halides is 3. The van der Waals surface area contributed by atoms with Gasteiger partial charge in [0, 0.05) is 31.9 Å². The molecule has 1 amide bonds. The van der Waals surface area contributed by atoms with Crippen LogP contribution in [0.25, 0.3) is 11.3 Å². The zero-order valence-corrected chi connectivity index (χ0v) is 15.0. The summed E-state index contributed by atoms with van der Waals surface area (Å²) in [4.78, 5) is 13.9. The molecule has 142 valence electrons. The first-order valence-corrected chi connectivity index (χ1v) is 8.11. The van der Waals surface area contributed by atoms with E-state index in [0.717, 1.165) is 21.9 Å². The van der Waals surface area contributed by atoms with Crippen LogP contribution in [0.1, 0.15) is 21.9 Å². The van der Waals surface area contributed by atoms with Crippen LogP contribution in [0.3, 0.4) is 0 Å². The van der Waals surface area contributed by atoms with Gasteiger partial charge in [0.1, 0.15) is 5.69 Å². The molecule has 3 rings (SSSR count). The summed E-state index contributed by atoms with van der Waals surface area (Å²) in [5.74, 6) is -0.497. The molecule has 2 aromatic rings. The van der Waals surface area contributed by atoms with Crippen molar-refractivity contribution in [2.45, 2.75) is 26.1 Å². The van der Waals surface area contributed by atoms with E-state index < -0.39 is 24.7 Å². The molecular formula is C16H20F3N5O2. The molecule has 0 N–H and O–H groups in total. The van der Waals surface area contributed by atoms with E-state index in [4.69, 9.17) is 4.74 Å². The van der Waals surface area contributed by atoms with E-state index in [0.29, 0.717) is 5.69 Å². The molecule has 1 unspecified atom stereocenters. The Kier molecular flexibility index (Phi) is 4.55. The summed E-state index contributed by atoms with van der Waals surface area (Å²) in [6.07, 6.45) is -6.46. The second-order valence-electron chi connectivity index (χ2n) is 6.36. The predicted molar refractivity (Wildman–Crippen MR) is 86.6 cm³/mol. The molecule has 10 heteroatoms. The molecule has 2 aromatic heterocycles. The third-order valence-corrected chi connectivity index (χ3v) is 4.58. The summed E-state index contributed by atoms with van der Waals surface area (Å²) in [6, 6.07) is 1.59. The number of aryl methyl sites for hydroxylation is 3. The highest BCUT2D eigenvalue weighted by molar-refractivity contribution is 5.94. The third-order valence-electron chi connectivity index (χ3n) is 4.58. The smallest absolute Gasteiger partial charge is 0.365 e. The zero-order valence-electron chi connectivity index (χ0n) is 15.0. The topological polar surface area (TPSA) is 65.2 Å². The first-order valence-electron chi connectivity index (χ1n) is 8.11. The van der Waals surface area contributed by atoms with E-state index >= 15 is 0 Å². The number of nitrogens with zero attached hydrogens (tertiary/aromatic N) is 5. The molecule has 1 fully saturated rings. The van der Waals surface area contributed by atoms with E-state index in [2.05, 4.69) is 10.2 Å². The van der Waals surface area contributed by atoms with Gasteiger partial charge in [-0.1, -0.05) is 0 Å². The van der Waals surface area contributed by atoms with Crippen LogP contribution in [0.5, 0.6) is 0 Å². The lowest BCUT2D eigenvalue weighted by atomic mass is 10.1. The van der Waals surface area contributed by atoms with Crippen LogP contribution >= 0.6 is 0 Å². The van der Waals surface area contributed by atoms with Gasteiger partial charge in [0.25, 0.3) is 5.91 Å². The van der Waals surface area contributed by atoms with Gasteiger partial charge in [-0.25, -0.2) is 0 Å². The summed E-state index contributed by atoms with van der Waals surface area (Å²) in [5, 5.41) is 8.69. The summed E-state index contributed by atoms with van der Waals surface area (Å²) in [7, 11) is 3.41. The van der Waals surface area contributed by atoms with E-state index in [1.54, 1.807) is 17.8 Å². The van der Waals surface area contributed by atoms with Gasteiger partial charge in [-0.3, -0.25) is 14.2 Å². The first kappa shape index (κ1) is 18.4. The predicted octanol–water partition coefficient (Wildman–Crippen LogP) is 1.84. The third kappa shape index (κ3) is 3.20. The summed E-state index contributed by atoms with van der Waals surface area (Å²) >= 11 is 0. The van der Waals surface area contributed by atoms with Gasteiger partial charge in [0.05, 0.1) is 24.5 Å². The second-order valence-corrected chi connectivity index (χ2v) is 6.36. The Hall–Kier alpha value is -2.36. The minimum atomic E-state index is -4.50. The highest BCUT2D eigenvalue weighted by atomic mass is 19.4. The molecule has 0 bridgehead atoms. The summed E-state index contributed by atoms with van der Waals surface area (Å²) < 4.78 is 46.5. The van der Waals surface area contributed by atoms with Crippen molar-refractivity contribution < 1.29 is 22.7 Å². The van der Waals surface area contributed by atoms with Crippen molar-refractivity contribution in [3.63, 3.8) is 0 Å². The molecule has 1 aliphatic heterocycles. The Balaban J connectivity index is 1.88. The number of carbonyl (C=O) groups is 1. The van der Waals surface area contributed by atoms with Crippen molar-refractivity contribution in [1.82, 2.24) is 24.5 Å². The zero-order chi connectivity index (χ0) is 19.2. The average Bonchev–Trinajstić information content (AvgIpc) is 3.05. The molecule has 0 aliphatic carbocycles. The summed E-state index contributed by atoms with van der Waals surface area (Å²) in [5.41, 5.74) is 3.27. The van der Waals surface area contributed by atoms with Crippen LogP contribution in [0.15, 0.2) is 6.07 Å². The van der Waals surface area contributed by atoms with Crippen LogP contribution in [-0.4, -0.2) is 62.3 Å². The first-order chi connectivity index (χ1) is 12.1. The van der Waals surface area contributed by atoms with E-state index in [-0.39, 0.29) is 18.8 Å². The van der Waals surface area contributed by atoms with Crippen molar-refractivity contribution >= 4 is 5.91 Å². The number of amides is 1. The van der Waals surface area contributed by atoms with Crippen molar-refractivity contribution in [3.8, 4) is 11.3 Å². The standard InChI is InChI=1S/C16H20F3N5O2/c1-9-14(10(2)22(3)20-9)11-7-12(23(4)21-11)15(25)24-5-6-26-13(8-24)16(17,18)19/h7,13H,5-6,8H2,1-4H3. The Bertz CT molecular complexity index is 840. The van der Waals surface area contributed by atoms with Crippen molar-refractivity contribution in [1.29, 1.82) is 0 Å². The number of aromatic nitrogens is 4. The number of rotatable bonds is 2. The van der Waals surface area contributed by atoms with E-state index in [1.165, 1.54) is 4.68 Å². The molecular weight excluding hydrogens is 351 g/mol. The van der Waals surface area contributed by atoms with Gasteiger partial charge in [0.15, 0.2) is 6.10 Å². The van der Waals surface area contributed by atoms with Gasteiger partial charge in [0.2, 0.25) is 0 Å². The highest BCUT2D eigenvalue weighted by Crippen LogP contribution is 2.28. The molecule has 1 aliphatic rings. The minimum Gasteiger partial charge on any atom is -0.365 e. The van der Waals surface area contributed by atoms with Gasteiger partial charge in [-0.2, -0.15) is 23.4 Å². The SMILES string of the molecule is Cc1nn(C)c(C)c1-c1cc(C(=O)N2CCOC(C(F)(F)F)C2)n(C)n1. The van der Waals surface area contributed by atoms with Crippen LogP contribution in [0.2, 0.25) is 0 Å². The Morgan fingerprint density at radius 3 is 2.50 bits per heavy atom. The fourth-order valence-electron chi connectivity index (χ4n) is 3.13. The highest BCUT2D eigenvalue weighted by Gasteiger charge is 2.44. The van der Waals surface area contributed by atoms with Gasteiger partial charge >= 0.3 is 6.18 Å². The molecule has 0 radical (unpaired) electrons. The molecule has 3 heterocycles. The fourth-order valence-corrected chi connectivity index (χ4v) is 3.13. The Morgan fingerprint density at radius 1 is 1.23 bits per heavy atom. The van der Waals surface area contributed by atoms with Gasteiger partial charge < -0.3 is 9.64 Å². The van der Waals surface area contributed by atoms with Crippen LogP contribution < -0.4 is 0 Å². The maximum atomic E-state index is 12.9. The molecule has 0 saturated carbocycles. The molecule has 1 atom stereocenters. The molecule has 26 heavy (non-hydrogen) atoms. The minimum absolute atomic E-state index is 0.108. The largest absolute Gasteiger partial charge is 0.416 e. The normalized spacial score (nSPS) is 18.4. The number of morpholine rings is 1. The maximum Gasteiger partial charge on any atom is 0.416 e. The fraction of sp³-hybridized carbons (Fsp3) is 0.562. The van der Waals surface area contributed by atoms with Crippen molar-refractivity contribution in [2.75, 3.05) is 19.7 Å². The lowest BCUT2D eigenvalue weighted by Gasteiger charge is -2.33. The molecule has 0 aromatic carbocycles. The Labute approximate surface area is 148 Å². The van der Waals surface area contributed by atoms with Gasteiger partial charge in [-0.05, 0) is 19.9 Å². The number of halogens is 3. The number of hydrogen-bond acceptors (Lipinski definition) is 4. The maximum absolute atomic E-state index is 12.9. The Morgan fingerprint density at radius 2 is 1.92 bits per heavy atom. The van der Waals surface area contributed by atoms with E-state index in [1.807, 2.05) is 20.9 Å². The number of carbonyl (C=O) groups excluding carboxylic acids is 1. The van der Waals surface area contributed by atoms with Crippen LogP contribution in [-0.2, 0) is 18.8 Å². The van der Waals surface area contributed by atoms with Crippen molar-refractivity contribution in [3.05, 3.63) is 23.1 Å². The number of hydrogen-bond donors (Lipinski definition) is 0. The van der Waals surface area contributed by atoms with E-state index in [9.17, 15) is 18.0 Å². The monoisotopic (exact) mass is 371 g/mol. The summed E-state index contributed by atoms with van der Waals surface area (Å²) in [6.45, 7) is 3.17. The average molecular weight is 371 g/mol. The quantitative estimate of drug-likeness (QED) is 0.808. The van der Waals surface area contributed by atoms with Gasteiger partial charge in [-0.15, -0.1) is 0 Å². The van der Waals surface area contributed by atoms with Crippen LogP contribution in [0, 0.1) is 13.8 Å². The lowest BCUT2D eigenvalue weighted by Crippen LogP contribution is -2.51. The second kappa shape index (κ2) is 6.42. The molecule has 7 nitrogen and oxygen atoms in total.